The summed E-state index contributed by atoms with van der Waals surface area (Å²) in [6.45, 7) is 0. The maximum Gasteiger partial charge on any atom is 0.226 e. The van der Waals surface area contributed by atoms with Crippen LogP contribution in [0.3, 0.4) is 0 Å². The zero-order valence-electron chi connectivity index (χ0n) is 20.9. The lowest BCUT2D eigenvalue weighted by molar-refractivity contribution is 0.221. The number of nitrogens with one attached hydrogen (secondary N) is 1. The first-order valence-corrected chi connectivity index (χ1v) is 11.8. The van der Waals surface area contributed by atoms with E-state index in [1.165, 1.54) is 0 Å². The van der Waals surface area contributed by atoms with E-state index in [4.69, 9.17) is 23.7 Å². The van der Waals surface area contributed by atoms with Gasteiger partial charge in [-0.2, -0.15) is 10.1 Å². The summed E-state index contributed by atoms with van der Waals surface area (Å²) in [6.07, 6.45) is 1.06. The van der Waals surface area contributed by atoms with Gasteiger partial charge < -0.3 is 29.0 Å². The van der Waals surface area contributed by atoms with Crippen LogP contribution >= 0.6 is 0 Å². The third-order valence-electron chi connectivity index (χ3n) is 6.76. The first kappa shape index (κ1) is 22.8. The number of nitrogens with zero attached hydrogens (tertiary/aromatic N) is 3. The van der Waals surface area contributed by atoms with Gasteiger partial charge in [-0.05, 0) is 30.3 Å². The van der Waals surface area contributed by atoms with Gasteiger partial charge in [-0.25, -0.2) is 4.68 Å². The van der Waals surface area contributed by atoms with Crippen LogP contribution in [0.15, 0.2) is 72.6 Å². The minimum Gasteiger partial charge on any atom is -0.493 e. The first-order chi connectivity index (χ1) is 18.2. The van der Waals surface area contributed by atoms with Crippen LogP contribution in [-0.2, 0) is 0 Å². The summed E-state index contributed by atoms with van der Waals surface area (Å²) < 4.78 is 31.1. The van der Waals surface area contributed by atoms with E-state index in [2.05, 4.69) is 15.4 Å². The van der Waals surface area contributed by atoms with Gasteiger partial charge in [0.25, 0.3) is 0 Å². The number of anilines is 1. The van der Waals surface area contributed by atoms with Gasteiger partial charge in [0.05, 0.1) is 34.1 Å². The standard InChI is InChI=1S/C28H26N4O5/c1-33-20-13-12-16(14-22(20)35-3)26-23-24(17-8-5-6-10-19(17)37-26)31-28-29-15-30-32(28)25(23)18-9-7-11-21(34-2)27(18)36-4/h5-15,25-26H,1-4H3,(H,29,30,31)/t25-,26-/m0/s1. The maximum absolute atomic E-state index is 6.71. The number of benzene rings is 3. The Bertz CT molecular complexity index is 1510. The molecule has 2 aliphatic rings. The molecule has 9 nitrogen and oxygen atoms in total. The number of fused-ring (bicyclic) bond motifs is 3. The molecular weight excluding hydrogens is 472 g/mol. The Hall–Kier alpha value is -4.66. The van der Waals surface area contributed by atoms with Gasteiger partial charge in [0.2, 0.25) is 5.95 Å². The van der Waals surface area contributed by atoms with Gasteiger partial charge in [0, 0.05) is 22.3 Å². The average Bonchev–Trinajstić information content (AvgIpc) is 3.43. The molecular formula is C28H26N4O5. The van der Waals surface area contributed by atoms with Crippen molar-refractivity contribution in [3.05, 3.63) is 89.3 Å². The topological polar surface area (TPSA) is 88.9 Å². The van der Waals surface area contributed by atoms with Crippen LogP contribution in [0.4, 0.5) is 5.95 Å². The second-order valence-corrected chi connectivity index (χ2v) is 8.58. The lowest BCUT2D eigenvalue weighted by Crippen LogP contribution is -2.32. The molecule has 9 heteroatoms. The monoisotopic (exact) mass is 498 g/mol. The molecule has 4 aromatic rings. The third-order valence-corrected chi connectivity index (χ3v) is 6.76. The molecule has 0 saturated carbocycles. The molecule has 2 atom stereocenters. The molecule has 37 heavy (non-hydrogen) atoms. The Kier molecular flexibility index (Phi) is 5.60. The second-order valence-electron chi connectivity index (χ2n) is 8.58. The number of rotatable bonds is 6. The molecule has 2 aliphatic heterocycles. The van der Waals surface area contributed by atoms with Crippen molar-refractivity contribution in [1.29, 1.82) is 0 Å². The average molecular weight is 499 g/mol. The van der Waals surface area contributed by atoms with Gasteiger partial charge in [0.1, 0.15) is 24.2 Å². The molecule has 6 rings (SSSR count). The number of methoxy groups -OCH3 is 4. The molecule has 188 valence electrons. The van der Waals surface area contributed by atoms with Crippen LogP contribution in [0.25, 0.3) is 5.70 Å². The van der Waals surface area contributed by atoms with E-state index in [1.807, 2.05) is 65.3 Å². The first-order valence-electron chi connectivity index (χ1n) is 11.8. The normalized spacial score (nSPS) is 17.5. The summed E-state index contributed by atoms with van der Waals surface area (Å²) in [4.78, 5) is 4.50. The molecule has 0 fully saturated rings. The van der Waals surface area contributed by atoms with Crippen molar-refractivity contribution in [2.45, 2.75) is 12.1 Å². The summed E-state index contributed by atoms with van der Waals surface area (Å²) in [5, 5.41) is 8.11. The Morgan fingerprint density at radius 3 is 2.43 bits per heavy atom. The van der Waals surface area contributed by atoms with Crippen LogP contribution in [0.5, 0.6) is 28.7 Å². The van der Waals surface area contributed by atoms with E-state index >= 15 is 0 Å². The quantitative estimate of drug-likeness (QED) is 0.403. The summed E-state index contributed by atoms with van der Waals surface area (Å²) >= 11 is 0. The predicted molar refractivity (Wildman–Crippen MR) is 138 cm³/mol. The minimum absolute atomic E-state index is 0.398. The number of hydrogen-bond donors (Lipinski definition) is 1. The lowest BCUT2D eigenvalue weighted by atomic mass is 9.84. The van der Waals surface area contributed by atoms with Crippen molar-refractivity contribution >= 4 is 11.6 Å². The third kappa shape index (κ3) is 3.54. The van der Waals surface area contributed by atoms with Crippen molar-refractivity contribution in [1.82, 2.24) is 14.8 Å². The zero-order valence-corrected chi connectivity index (χ0v) is 20.9. The molecule has 0 radical (unpaired) electrons. The molecule has 3 heterocycles. The smallest absolute Gasteiger partial charge is 0.226 e. The number of ether oxygens (including phenoxy) is 5. The van der Waals surface area contributed by atoms with Crippen molar-refractivity contribution in [2.24, 2.45) is 0 Å². The molecule has 0 saturated heterocycles. The van der Waals surface area contributed by atoms with Crippen molar-refractivity contribution in [2.75, 3.05) is 33.8 Å². The van der Waals surface area contributed by atoms with Gasteiger partial charge in [-0.15, -0.1) is 0 Å². The molecule has 1 N–H and O–H groups in total. The fraction of sp³-hybridized carbons (Fsp3) is 0.214. The highest BCUT2D eigenvalue weighted by molar-refractivity contribution is 5.85. The molecule has 3 aromatic carbocycles. The summed E-state index contributed by atoms with van der Waals surface area (Å²) in [6, 6.07) is 19.2. The Morgan fingerprint density at radius 2 is 1.65 bits per heavy atom. The van der Waals surface area contributed by atoms with Gasteiger partial charge in [-0.3, -0.25) is 0 Å². The van der Waals surface area contributed by atoms with E-state index in [0.717, 1.165) is 33.7 Å². The van der Waals surface area contributed by atoms with Gasteiger partial charge in [-0.1, -0.05) is 30.3 Å². The van der Waals surface area contributed by atoms with Crippen LogP contribution in [0.1, 0.15) is 28.8 Å². The van der Waals surface area contributed by atoms with Crippen LogP contribution in [0, 0.1) is 0 Å². The lowest BCUT2D eigenvalue weighted by Gasteiger charge is -2.39. The summed E-state index contributed by atoms with van der Waals surface area (Å²) in [5.41, 5.74) is 4.58. The second kappa shape index (κ2) is 9.09. The molecule has 0 amide bonds. The maximum atomic E-state index is 6.71. The summed E-state index contributed by atoms with van der Waals surface area (Å²) in [7, 11) is 6.51. The Morgan fingerprint density at radius 1 is 0.838 bits per heavy atom. The Balaban J connectivity index is 1.63. The fourth-order valence-electron chi connectivity index (χ4n) is 5.13. The largest absolute Gasteiger partial charge is 0.493 e. The predicted octanol–water partition coefficient (Wildman–Crippen LogP) is 4.87. The van der Waals surface area contributed by atoms with E-state index in [9.17, 15) is 0 Å². The number of aromatic nitrogens is 3. The minimum atomic E-state index is -0.476. The van der Waals surface area contributed by atoms with Crippen LogP contribution in [0.2, 0.25) is 0 Å². The van der Waals surface area contributed by atoms with Crippen LogP contribution in [-0.4, -0.2) is 43.2 Å². The van der Waals surface area contributed by atoms with Gasteiger partial charge >= 0.3 is 0 Å². The highest BCUT2D eigenvalue weighted by Crippen LogP contribution is 2.53. The van der Waals surface area contributed by atoms with E-state index in [0.29, 0.717) is 28.9 Å². The molecule has 0 spiro atoms. The Labute approximate surface area is 214 Å². The highest BCUT2D eigenvalue weighted by atomic mass is 16.5. The van der Waals surface area contributed by atoms with Crippen molar-refractivity contribution in [3.63, 3.8) is 0 Å². The zero-order chi connectivity index (χ0) is 25.5. The van der Waals surface area contributed by atoms with Crippen molar-refractivity contribution in [3.8, 4) is 28.7 Å². The molecule has 0 bridgehead atoms. The number of hydrogen-bond acceptors (Lipinski definition) is 8. The van der Waals surface area contributed by atoms with E-state index in [-0.39, 0.29) is 0 Å². The fourth-order valence-corrected chi connectivity index (χ4v) is 5.13. The van der Waals surface area contributed by atoms with E-state index in [1.54, 1.807) is 34.8 Å². The molecule has 0 aliphatic carbocycles. The summed E-state index contributed by atoms with van der Waals surface area (Å²) in [5.74, 6) is 3.89. The van der Waals surface area contributed by atoms with Crippen LogP contribution < -0.4 is 29.0 Å². The molecule has 1 aromatic heterocycles. The highest BCUT2D eigenvalue weighted by Gasteiger charge is 2.42. The van der Waals surface area contributed by atoms with Crippen molar-refractivity contribution < 1.29 is 23.7 Å². The molecule has 0 unspecified atom stereocenters. The SMILES string of the molecule is COc1ccc([C@@H]2Oc3ccccc3C3=C2[C@H](c2cccc(OC)c2OC)n2ncnc2N3)cc1OC. The van der Waals surface area contributed by atoms with E-state index < -0.39 is 12.1 Å². The number of para-hydroxylation sites is 2. The van der Waals surface area contributed by atoms with Gasteiger partial charge in [0.15, 0.2) is 23.0 Å².